The summed E-state index contributed by atoms with van der Waals surface area (Å²) >= 11 is 12.5. The van der Waals surface area contributed by atoms with Gasteiger partial charge < -0.3 is 9.80 Å². The molecule has 2 aromatic rings. The summed E-state index contributed by atoms with van der Waals surface area (Å²) in [6, 6.07) is 10.3. The Morgan fingerprint density at radius 2 is 1.86 bits per heavy atom. The number of benzene rings is 2. The third-order valence-electron chi connectivity index (χ3n) is 3.68. The molecule has 0 atom stereocenters. The molecule has 0 aliphatic carbocycles. The van der Waals surface area contributed by atoms with Crippen molar-refractivity contribution in [2.24, 2.45) is 0 Å². The minimum Gasteiger partial charge on any atom is -0.355 e. The van der Waals surface area contributed by atoms with Gasteiger partial charge in [0.15, 0.2) is 0 Å². The molecule has 0 fully saturated rings. The van der Waals surface area contributed by atoms with Crippen molar-refractivity contribution in [1.82, 2.24) is 0 Å². The van der Waals surface area contributed by atoms with E-state index in [4.69, 9.17) is 23.2 Å². The molecular formula is C15H13Cl2N3O2. The quantitative estimate of drug-likeness (QED) is 0.618. The first-order valence-electron chi connectivity index (χ1n) is 6.65. The van der Waals surface area contributed by atoms with Crippen LogP contribution in [0.25, 0.3) is 0 Å². The van der Waals surface area contributed by atoms with E-state index in [0.29, 0.717) is 23.3 Å². The van der Waals surface area contributed by atoms with E-state index in [2.05, 4.69) is 9.80 Å². The summed E-state index contributed by atoms with van der Waals surface area (Å²) in [5, 5.41) is 11.8. The summed E-state index contributed by atoms with van der Waals surface area (Å²) in [7, 11) is 1.99. The summed E-state index contributed by atoms with van der Waals surface area (Å²) in [5.41, 5.74) is 2.98. The van der Waals surface area contributed by atoms with Crippen molar-refractivity contribution in [3.8, 4) is 0 Å². The average Bonchev–Trinajstić information content (AvgIpc) is 2.80. The molecule has 0 radical (unpaired) electrons. The second-order valence-electron chi connectivity index (χ2n) is 5.19. The summed E-state index contributed by atoms with van der Waals surface area (Å²) in [4.78, 5) is 14.5. The van der Waals surface area contributed by atoms with Gasteiger partial charge in [0.1, 0.15) is 0 Å². The number of non-ortho nitro benzene ring substituents is 1. The topological polar surface area (TPSA) is 49.6 Å². The Bertz CT molecular complexity index is 734. The van der Waals surface area contributed by atoms with Gasteiger partial charge in [-0.1, -0.05) is 35.3 Å². The molecule has 114 valence electrons. The number of hydrogen-bond acceptors (Lipinski definition) is 4. The predicted molar refractivity (Wildman–Crippen MR) is 89.0 cm³/mol. The van der Waals surface area contributed by atoms with Crippen molar-refractivity contribution in [2.45, 2.75) is 6.54 Å². The molecule has 0 N–H and O–H groups in total. The van der Waals surface area contributed by atoms with Crippen LogP contribution in [0.5, 0.6) is 0 Å². The highest BCUT2D eigenvalue weighted by Gasteiger charge is 2.27. The monoisotopic (exact) mass is 337 g/mol. The number of fused-ring (bicyclic) bond motifs is 1. The first-order chi connectivity index (χ1) is 10.5. The van der Waals surface area contributed by atoms with Crippen LogP contribution in [0.2, 0.25) is 10.0 Å². The maximum Gasteiger partial charge on any atom is 0.269 e. The highest BCUT2D eigenvalue weighted by Crippen LogP contribution is 2.44. The van der Waals surface area contributed by atoms with Crippen LogP contribution >= 0.6 is 23.2 Å². The van der Waals surface area contributed by atoms with Gasteiger partial charge in [-0.3, -0.25) is 10.1 Å². The van der Waals surface area contributed by atoms with Gasteiger partial charge in [0.25, 0.3) is 5.69 Å². The van der Waals surface area contributed by atoms with E-state index in [9.17, 15) is 10.1 Å². The van der Waals surface area contributed by atoms with Crippen molar-refractivity contribution in [3.05, 3.63) is 62.1 Å². The molecule has 0 bridgehead atoms. The van der Waals surface area contributed by atoms with E-state index in [-0.39, 0.29) is 5.69 Å². The molecule has 0 saturated carbocycles. The van der Waals surface area contributed by atoms with E-state index in [0.717, 1.165) is 16.9 Å². The van der Waals surface area contributed by atoms with Crippen LogP contribution in [-0.4, -0.2) is 18.6 Å². The van der Waals surface area contributed by atoms with Crippen molar-refractivity contribution < 1.29 is 4.92 Å². The fraction of sp³-hybridized carbons (Fsp3) is 0.200. The van der Waals surface area contributed by atoms with Crippen LogP contribution < -0.4 is 9.80 Å². The largest absolute Gasteiger partial charge is 0.355 e. The number of halogens is 2. The van der Waals surface area contributed by atoms with Crippen molar-refractivity contribution in [1.29, 1.82) is 0 Å². The molecule has 0 aromatic heterocycles. The van der Waals surface area contributed by atoms with Gasteiger partial charge in [-0.15, -0.1) is 0 Å². The van der Waals surface area contributed by atoms with Gasteiger partial charge in [0.2, 0.25) is 0 Å². The highest BCUT2D eigenvalue weighted by molar-refractivity contribution is 6.44. The molecular weight excluding hydrogens is 325 g/mol. The lowest BCUT2D eigenvalue weighted by Gasteiger charge is -2.20. The van der Waals surface area contributed by atoms with E-state index in [1.807, 2.05) is 13.1 Å². The molecule has 5 nitrogen and oxygen atoms in total. The first-order valence-corrected chi connectivity index (χ1v) is 7.40. The summed E-state index contributed by atoms with van der Waals surface area (Å²) in [5.74, 6) is 0. The van der Waals surface area contributed by atoms with E-state index in [1.165, 1.54) is 12.1 Å². The van der Waals surface area contributed by atoms with E-state index >= 15 is 0 Å². The molecule has 0 amide bonds. The van der Waals surface area contributed by atoms with Gasteiger partial charge in [-0.2, -0.15) is 0 Å². The van der Waals surface area contributed by atoms with E-state index in [1.54, 1.807) is 18.2 Å². The fourth-order valence-electron chi connectivity index (χ4n) is 2.61. The molecule has 2 aromatic carbocycles. The van der Waals surface area contributed by atoms with E-state index < -0.39 is 4.92 Å². The van der Waals surface area contributed by atoms with Crippen LogP contribution in [-0.2, 0) is 6.54 Å². The SMILES string of the molecule is CN1CN(Cc2ccc([N+](=O)[O-])cc2)c2c1ccc(Cl)c2Cl. The molecule has 3 rings (SSSR count). The summed E-state index contributed by atoms with van der Waals surface area (Å²) in [6.45, 7) is 1.29. The molecule has 22 heavy (non-hydrogen) atoms. The van der Waals surface area contributed by atoms with Gasteiger partial charge in [-0.05, 0) is 17.7 Å². The Morgan fingerprint density at radius 3 is 2.50 bits per heavy atom. The normalized spacial score (nSPS) is 13.4. The van der Waals surface area contributed by atoms with Gasteiger partial charge >= 0.3 is 0 Å². The zero-order chi connectivity index (χ0) is 15.9. The third kappa shape index (κ3) is 2.58. The number of nitro groups is 1. The van der Waals surface area contributed by atoms with Gasteiger partial charge in [-0.25, -0.2) is 0 Å². The van der Waals surface area contributed by atoms with Crippen LogP contribution in [0.3, 0.4) is 0 Å². The second-order valence-corrected chi connectivity index (χ2v) is 5.98. The Morgan fingerprint density at radius 1 is 1.18 bits per heavy atom. The molecule has 0 unspecified atom stereocenters. The zero-order valence-corrected chi connectivity index (χ0v) is 13.3. The predicted octanol–water partition coefficient (Wildman–Crippen LogP) is 4.32. The lowest BCUT2D eigenvalue weighted by atomic mass is 10.2. The Labute approximate surface area is 137 Å². The Hall–Kier alpha value is -1.98. The molecule has 1 aliphatic rings. The molecule has 0 spiro atoms. The van der Waals surface area contributed by atoms with Crippen LogP contribution in [0.15, 0.2) is 36.4 Å². The average molecular weight is 338 g/mol. The minimum absolute atomic E-state index is 0.0868. The highest BCUT2D eigenvalue weighted by atomic mass is 35.5. The van der Waals surface area contributed by atoms with Gasteiger partial charge in [0, 0.05) is 25.7 Å². The maximum absolute atomic E-state index is 10.7. The first kappa shape index (κ1) is 14.9. The lowest BCUT2D eigenvalue weighted by Crippen LogP contribution is -2.27. The summed E-state index contributed by atoms with van der Waals surface area (Å²) < 4.78 is 0. The standard InChI is InChI=1S/C15H13Cl2N3O2/c1-18-9-19(15-13(18)7-6-12(16)14(15)17)8-10-2-4-11(5-3-10)20(21)22/h2-7H,8-9H2,1H3. The smallest absolute Gasteiger partial charge is 0.269 e. The summed E-state index contributed by atoms with van der Waals surface area (Å²) in [6.07, 6.45) is 0. The molecule has 1 heterocycles. The number of nitro benzene ring substituents is 1. The second kappa shape index (κ2) is 5.66. The van der Waals surface area contributed by atoms with Crippen molar-refractivity contribution in [2.75, 3.05) is 23.5 Å². The molecule has 1 aliphatic heterocycles. The number of hydrogen-bond donors (Lipinski definition) is 0. The third-order valence-corrected chi connectivity index (χ3v) is 4.47. The molecule has 0 saturated heterocycles. The number of rotatable bonds is 3. The van der Waals surface area contributed by atoms with Crippen molar-refractivity contribution in [3.63, 3.8) is 0 Å². The van der Waals surface area contributed by atoms with Crippen LogP contribution in [0.4, 0.5) is 17.1 Å². The number of anilines is 2. The van der Waals surface area contributed by atoms with Crippen LogP contribution in [0.1, 0.15) is 5.56 Å². The lowest BCUT2D eigenvalue weighted by molar-refractivity contribution is -0.384. The Balaban J connectivity index is 1.89. The fourth-order valence-corrected chi connectivity index (χ4v) is 3.05. The minimum atomic E-state index is -0.403. The maximum atomic E-state index is 10.7. The Kier molecular flexibility index (Phi) is 3.85. The zero-order valence-electron chi connectivity index (χ0n) is 11.8. The van der Waals surface area contributed by atoms with Crippen molar-refractivity contribution >= 4 is 40.3 Å². The number of nitrogens with zero attached hydrogens (tertiary/aromatic N) is 3. The molecule has 7 heteroatoms. The van der Waals surface area contributed by atoms with Gasteiger partial charge in [0.05, 0.1) is 33.0 Å². The van der Waals surface area contributed by atoms with Crippen LogP contribution in [0, 0.1) is 10.1 Å².